The molecule has 1 heterocycles. The van der Waals surface area contributed by atoms with Crippen molar-refractivity contribution >= 4 is 21.4 Å². The van der Waals surface area contributed by atoms with Crippen molar-refractivity contribution in [3.05, 3.63) is 17.5 Å². The largest absolute Gasteiger partial charge is 0.326 e. The third-order valence-electron chi connectivity index (χ3n) is 2.89. The van der Waals surface area contributed by atoms with E-state index in [2.05, 4.69) is 4.72 Å². The van der Waals surface area contributed by atoms with Crippen molar-refractivity contribution in [2.75, 3.05) is 0 Å². The van der Waals surface area contributed by atoms with Crippen molar-refractivity contribution in [2.24, 2.45) is 5.73 Å². The number of nitrogens with two attached hydrogens (primary N) is 1. The van der Waals surface area contributed by atoms with Gasteiger partial charge in [0, 0.05) is 12.1 Å². The van der Waals surface area contributed by atoms with Gasteiger partial charge in [0.15, 0.2) is 0 Å². The summed E-state index contributed by atoms with van der Waals surface area (Å²) in [5.41, 5.74) is 5.92. The lowest BCUT2D eigenvalue weighted by Gasteiger charge is -2.28. The summed E-state index contributed by atoms with van der Waals surface area (Å²) in [6.07, 6.45) is 3.88. The van der Waals surface area contributed by atoms with Crippen molar-refractivity contribution in [1.29, 1.82) is 0 Å². The highest BCUT2D eigenvalue weighted by molar-refractivity contribution is 7.91. The van der Waals surface area contributed by atoms with E-state index in [0.717, 1.165) is 25.7 Å². The van der Waals surface area contributed by atoms with Gasteiger partial charge in [-0.05, 0) is 24.3 Å². The Kier molecular flexibility index (Phi) is 3.63. The monoisotopic (exact) mass is 260 g/mol. The van der Waals surface area contributed by atoms with Crippen molar-refractivity contribution in [3.8, 4) is 0 Å². The molecule has 0 unspecified atom stereocenters. The molecule has 0 aromatic carbocycles. The number of thiophene rings is 1. The Labute approximate surface area is 99.9 Å². The molecule has 0 aliphatic heterocycles. The second-order valence-electron chi connectivity index (χ2n) is 4.11. The fourth-order valence-electron chi connectivity index (χ4n) is 1.98. The van der Waals surface area contributed by atoms with Crippen LogP contribution < -0.4 is 10.5 Å². The van der Waals surface area contributed by atoms with Crippen LogP contribution in [0.4, 0.5) is 0 Å². The van der Waals surface area contributed by atoms with E-state index in [1.165, 1.54) is 11.3 Å². The molecule has 0 bridgehead atoms. The van der Waals surface area contributed by atoms with Gasteiger partial charge in [0.05, 0.1) is 0 Å². The summed E-state index contributed by atoms with van der Waals surface area (Å²) in [6, 6.07) is 3.19. The molecule has 4 nitrogen and oxygen atoms in total. The summed E-state index contributed by atoms with van der Waals surface area (Å²) in [6.45, 7) is 0. The first-order chi connectivity index (χ1) is 7.59. The molecule has 0 radical (unpaired) electrons. The van der Waals surface area contributed by atoms with Crippen LogP contribution in [0.2, 0.25) is 0 Å². The second kappa shape index (κ2) is 4.83. The molecule has 1 aromatic rings. The minimum absolute atomic E-state index is 0.0523. The third-order valence-corrected chi connectivity index (χ3v) is 5.77. The molecule has 0 saturated heterocycles. The Hall–Kier alpha value is -0.430. The lowest BCUT2D eigenvalue weighted by Crippen LogP contribution is -2.49. The van der Waals surface area contributed by atoms with Crippen molar-refractivity contribution in [1.82, 2.24) is 4.72 Å². The SMILES string of the molecule is N[C@@H]1CCCC[C@H]1NS(=O)(=O)c1cccs1. The van der Waals surface area contributed by atoms with Crippen molar-refractivity contribution in [3.63, 3.8) is 0 Å². The predicted molar refractivity (Wildman–Crippen MR) is 64.9 cm³/mol. The Morgan fingerprint density at radius 1 is 1.38 bits per heavy atom. The minimum atomic E-state index is -3.36. The maximum absolute atomic E-state index is 12.0. The van der Waals surface area contributed by atoms with Gasteiger partial charge in [0.1, 0.15) is 4.21 Å². The molecule has 0 spiro atoms. The first-order valence-corrected chi connectivity index (χ1v) is 7.77. The van der Waals surface area contributed by atoms with Crippen LogP contribution in [0, 0.1) is 0 Å². The zero-order chi connectivity index (χ0) is 11.6. The minimum Gasteiger partial charge on any atom is -0.326 e. The molecule has 90 valence electrons. The van der Waals surface area contributed by atoms with E-state index in [-0.39, 0.29) is 12.1 Å². The van der Waals surface area contributed by atoms with E-state index in [9.17, 15) is 8.42 Å². The van der Waals surface area contributed by atoms with E-state index in [1.54, 1.807) is 17.5 Å². The number of rotatable bonds is 3. The highest BCUT2D eigenvalue weighted by Gasteiger charge is 2.27. The zero-order valence-corrected chi connectivity index (χ0v) is 10.6. The average Bonchev–Trinajstić information content (AvgIpc) is 2.75. The molecule has 1 fully saturated rings. The smallest absolute Gasteiger partial charge is 0.250 e. The second-order valence-corrected chi connectivity index (χ2v) is 7.00. The molecule has 1 aliphatic rings. The van der Waals surface area contributed by atoms with E-state index in [0.29, 0.717) is 4.21 Å². The predicted octanol–water partition coefficient (Wildman–Crippen LogP) is 1.30. The van der Waals surface area contributed by atoms with Gasteiger partial charge < -0.3 is 5.73 Å². The van der Waals surface area contributed by atoms with Gasteiger partial charge in [-0.2, -0.15) is 0 Å². The lowest BCUT2D eigenvalue weighted by atomic mass is 9.92. The van der Waals surface area contributed by atoms with Gasteiger partial charge >= 0.3 is 0 Å². The van der Waals surface area contributed by atoms with E-state index < -0.39 is 10.0 Å². The summed E-state index contributed by atoms with van der Waals surface area (Å²) in [5.74, 6) is 0. The highest BCUT2D eigenvalue weighted by Crippen LogP contribution is 2.21. The number of hydrogen-bond acceptors (Lipinski definition) is 4. The molecule has 2 atom stereocenters. The summed E-state index contributed by atoms with van der Waals surface area (Å²) >= 11 is 1.23. The van der Waals surface area contributed by atoms with Crippen LogP contribution in [0.15, 0.2) is 21.7 Å². The molecule has 0 amide bonds. The summed E-state index contributed by atoms with van der Waals surface area (Å²) in [7, 11) is -3.36. The Morgan fingerprint density at radius 3 is 2.75 bits per heavy atom. The Bertz CT molecular complexity index is 428. The maximum atomic E-state index is 12.0. The van der Waals surface area contributed by atoms with Crippen LogP contribution >= 0.6 is 11.3 Å². The van der Waals surface area contributed by atoms with E-state index in [1.807, 2.05) is 0 Å². The number of sulfonamides is 1. The normalized spacial score (nSPS) is 26.8. The first-order valence-electron chi connectivity index (χ1n) is 5.41. The van der Waals surface area contributed by atoms with Gasteiger partial charge in [0.25, 0.3) is 0 Å². The fourth-order valence-corrected chi connectivity index (χ4v) is 4.31. The summed E-state index contributed by atoms with van der Waals surface area (Å²) < 4.78 is 27.0. The van der Waals surface area contributed by atoms with Gasteiger partial charge in [-0.3, -0.25) is 0 Å². The van der Waals surface area contributed by atoms with Crippen LogP contribution in [0.5, 0.6) is 0 Å². The third kappa shape index (κ3) is 2.63. The summed E-state index contributed by atoms with van der Waals surface area (Å²) in [4.78, 5) is 0. The quantitative estimate of drug-likeness (QED) is 0.860. The van der Waals surface area contributed by atoms with E-state index in [4.69, 9.17) is 5.73 Å². The molecule has 1 aliphatic carbocycles. The van der Waals surface area contributed by atoms with Crippen LogP contribution in [0.1, 0.15) is 25.7 Å². The lowest BCUT2D eigenvalue weighted by molar-refractivity contribution is 0.361. The van der Waals surface area contributed by atoms with Crippen LogP contribution in [0.25, 0.3) is 0 Å². The van der Waals surface area contributed by atoms with Gasteiger partial charge in [-0.15, -0.1) is 11.3 Å². The molecule has 16 heavy (non-hydrogen) atoms. The van der Waals surface area contributed by atoms with Gasteiger partial charge in [-0.1, -0.05) is 18.9 Å². The molecular weight excluding hydrogens is 244 g/mol. The number of nitrogens with one attached hydrogen (secondary N) is 1. The molecule has 1 saturated carbocycles. The molecule has 3 N–H and O–H groups in total. The fraction of sp³-hybridized carbons (Fsp3) is 0.600. The van der Waals surface area contributed by atoms with Gasteiger partial charge in [-0.25, -0.2) is 13.1 Å². The summed E-state index contributed by atoms with van der Waals surface area (Å²) in [5, 5.41) is 1.76. The van der Waals surface area contributed by atoms with Crippen molar-refractivity contribution in [2.45, 2.75) is 42.0 Å². The number of hydrogen-bond donors (Lipinski definition) is 2. The first kappa shape index (κ1) is 12.0. The Balaban J connectivity index is 2.09. The Morgan fingerprint density at radius 2 is 2.12 bits per heavy atom. The molecule has 2 rings (SSSR count). The average molecular weight is 260 g/mol. The van der Waals surface area contributed by atoms with Gasteiger partial charge in [0.2, 0.25) is 10.0 Å². The molecule has 1 aromatic heterocycles. The molecule has 6 heteroatoms. The molecular formula is C10H16N2O2S2. The highest BCUT2D eigenvalue weighted by atomic mass is 32.2. The topological polar surface area (TPSA) is 72.2 Å². The zero-order valence-electron chi connectivity index (χ0n) is 8.93. The standard InChI is InChI=1S/C10H16N2O2S2/c11-8-4-1-2-5-9(8)12-16(13,14)10-6-3-7-15-10/h3,6-9,12H,1-2,4-5,11H2/t8-,9-/m1/s1. The van der Waals surface area contributed by atoms with Crippen LogP contribution in [-0.4, -0.2) is 20.5 Å². The van der Waals surface area contributed by atoms with Crippen LogP contribution in [0.3, 0.4) is 0 Å². The maximum Gasteiger partial charge on any atom is 0.250 e. The van der Waals surface area contributed by atoms with E-state index >= 15 is 0 Å². The van der Waals surface area contributed by atoms with Crippen LogP contribution in [-0.2, 0) is 10.0 Å². The van der Waals surface area contributed by atoms with Crippen molar-refractivity contribution < 1.29 is 8.42 Å².